The molecule has 0 aliphatic heterocycles. The molecule has 0 saturated carbocycles. The fraction of sp³-hybridized carbons (Fsp3) is 0. The van der Waals surface area contributed by atoms with Crippen molar-refractivity contribution in [1.82, 2.24) is 9.13 Å². The molecule has 56 heavy (non-hydrogen) atoms. The quantitative estimate of drug-likeness (QED) is 0.171. The summed E-state index contributed by atoms with van der Waals surface area (Å²) in [5.74, 6) is 0. The van der Waals surface area contributed by atoms with Crippen molar-refractivity contribution in [2.45, 2.75) is 0 Å². The van der Waals surface area contributed by atoms with Crippen LogP contribution < -0.4 is 0 Å². The summed E-state index contributed by atoms with van der Waals surface area (Å²) in [6.07, 6.45) is 0. The topological polar surface area (TPSA) is 44.9 Å². The fourth-order valence-corrected chi connectivity index (χ4v) is 8.91. The average molecular weight is 715 g/mol. The third-order valence-electron chi connectivity index (χ3n) is 11.3. The lowest BCUT2D eigenvalue weighted by atomic mass is 10.0. The number of nitrogens with zero attached hydrogens (tertiary/aromatic N) is 4. The molecule has 258 valence electrons. The first-order valence-corrected chi connectivity index (χ1v) is 18.4. The molecule has 0 fully saturated rings. The van der Waals surface area contributed by atoms with Crippen molar-refractivity contribution in [1.29, 1.82) is 0 Å². The van der Waals surface area contributed by atoms with Gasteiger partial charge in [-0.05, 0) is 101 Å². The number of rotatable bonds is 3. The van der Waals surface area contributed by atoms with Gasteiger partial charge in [-0.3, -0.25) is 0 Å². The van der Waals surface area contributed by atoms with Crippen molar-refractivity contribution in [2.75, 3.05) is 0 Å². The Kier molecular flexibility index (Phi) is 6.10. The highest BCUT2D eigenvalue weighted by Gasteiger charge is 2.21. The lowest BCUT2D eigenvalue weighted by molar-refractivity contribution is 0.669. The van der Waals surface area contributed by atoms with Crippen molar-refractivity contribution >= 4 is 98.9 Å². The van der Waals surface area contributed by atoms with Crippen LogP contribution in [-0.4, -0.2) is 9.13 Å². The van der Waals surface area contributed by atoms with E-state index in [4.69, 9.17) is 22.0 Å². The van der Waals surface area contributed by atoms with E-state index in [9.17, 15) is 0 Å². The Hall–Kier alpha value is -8.06. The summed E-state index contributed by atoms with van der Waals surface area (Å²) in [4.78, 5) is 7.70. The molecule has 0 N–H and O–H groups in total. The monoisotopic (exact) mass is 714 g/mol. The molecule has 0 radical (unpaired) electrons. The van der Waals surface area contributed by atoms with Crippen molar-refractivity contribution in [2.24, 2.45) is 0 Å². The second kappa shape index (κ2) is 11.2. The smallest absolute Gasteiger partial charge is 0.189 e. The van der Waals surface area contributed by atoms with Crippen LogP contribution in [-0.2, 0) is 0 Å². The van der Waals surface area contributed by atoms with E-state index in [1.54, 1.807) is 0 Å². The fourth-order valence-electron chi connectivity index (χ4n) is 8.91. The van der Waals surface area contributed by atoms with Gasteiger partial charge in [-0.2, -0.15) is 0 Å². The van der Waals surface area contributed by atoms with Crippen LogP contribution in [0, 0.1) is 13.1 Å². The Labute approximate surface area is 318 Å². The summed E-state index contributed by atoms with van der Waals surface area (Å²) < 4.78 is 17.4. The van der Waals surface area contributed by atoms with Crippen LogP contribution in [0.25, 0.3) is 120 Å². The maximum Gasteiger partial charge on any atom is 0.189 e. The first-order chi connectivity index (χ1) is 27.7. The zero-order valence-corrected chi connectivity index (χ0v) is 29.6. The van der Waals surface area contributed by atoms with Gasteiger partial charge in [0.1, 0.15) is 22.3 Å². The molecule has 6 heteroatoms. The van der Waals surface area contributed by atoms with Crippen LogP contribution in [0.1, 0.15) is 0 Å². The van der Waals surface area contributed by atoms with E-state index in [-0.39, 0.29) is 0 Å². The van der Waals surface area contributed by atoms with Gasteiger partial charge in [0.2, 0.25) is 0 Å². The predicted molar refractivity (Wildman–Crippen MR) is 228 cm³/mol. The predicted octanol–water partition coefficient (Wildman–Crippen LogP) is 14.4. The molecule has 0 atom stereocenters. The van der Waals surface area contributed by atoms with E-state index < -0.39 is 0 Å². The van der Waals surface area contributed by atoms with E-state index >= 15 is 0 Å². The highest BCUT2D eigenvalue weighted by molar-refractivity contribution is 6.25. The maximum absolute atomic E-state index is 8.15. The second-order valence-corrected chi connectivity index (χ2v) is 14.3. The number of fused-ring (bicyclic) bond motifs is 14. The summed E-state index contributed by atoms with van der Waals surface area (Å²) in [6.45, 7) is 15.9. The third kappa shape index (κ3) is 4.13. The Morgan fingerprint density at radius 3 is 1.91 bits per heavy atom. The first kappa shape index (κ1) is 30.4. The summed E-state index contributed by atoms with van der Waals surface area (Å²) in [6, 6.07) is 53.8. The standard InChI is InChI=1S/C50H26N4O2/c1-51-31-17-22-42-40(28-31)36-21-24-46-48(39-11-5-8-14-45(39)55-46)49(36)54(42)34-26-30(25-32(27-34)52-2)29-15-18-33(19-16-29)53-41-12-6-3-10-38(41)47-43(53)23-20-37-35-9-4-7-13-44(35)56-50(37)47/h3-28H. The maximum atomic E-state index is 8.15. The Balaban J connectivity index is 1.06. The lowest BCUT2D eigenvalue weighted by Crippen LogP contribution is -1.96. The molecule has 0 aliphatic carbocycles. The molecule has 0 spiro atoms. The number of aromatic nitrogens is 2. The van der Waals surface area contributed by atoms with Crippen LogP contribution in [0.2, 0.25) is 0 Å². The van der Waals surface area contributed by atoms with E-state index in [1.165, 1.54) is 0 Å². The molecular formula is C50H26N4O2. The van der Waals surface area contributed by atoms with Crippen LogP contribution in [0.3, 0.4) is 0 Å². The minimum atomic E-state index is 0.538. The first-order valence-electron chi connectivity index (χ1n) is 18.4. The normalized spacial score (nSPS) is 11.9. The van der Waals surface area contributed by atoms with Gasteiger partial charge in [0.05, 0.1) is 46.0 Å². The van der Waals surface area contributed by atoms with Gasteiger partial charge in [0, 0.05) is 38.3 Å². The molecule has 0 amide bonds. The van der Waals surface area contributed by atoms with Crippen LogP contribution in [0.15, 0.2) is 167 Å². The molecule has 6 nitrogen and oxygen atoms in total. The Morgan fingerprint density at radius 1 is 0.393 bits per heavy atom. The van der Waals surface area contributed by atoms with Gasteiger partial charge in [0.25, 0.3) is 0 Å². The van der Waals surface area contributed by atoms with E-state index in [2.05, 4.69) is 110 Å². The average Bonchev–Trinajstić information content (AvgIpc) is 4.00. The number of furan rings is 2. The van der Waals surface area contributed by atoms with Crippen molar-refractivity contribution < 1.29 is 8.83 Å². The molecule has 4 aromatic heterocycles. The molecular weight excluding hydrogens is 689 g/mol. The highest BCUT2D eigenvalue weighted by Crippen LogP contribution is 2.44. The zero-order chi connectivity index (χ0) is 37.1. The van der Waals surface area contributed by atoms with Gasteiger partial charge < -0.3 is 18.0 Å². The highest BCUT2D eigenvalue weighted by atomic mass is 16.3. The molecule has 0 saturated heterocycles. The van der Waals surface area contributed by atoms with Crippen LogP contribution in [0.5, 0.6) is 0 Å². The van der Waals surface area contributed by atoms with E-state index in [0.29, 0.717) is 11.4 Å². The van der Waals surface area contributed by atoms with Crippen molar-refractivity contribution in [3.63, 3.8) is 0 Å². The van der Waals surface area contributed by atoms with Gasteiger partial charge in [-0.1, -0.05) is 72.8 Å². The molecule has 12 aromatic rings. The molecule has 0 unspecified atom stereocenters. The molecule has 0 aliphatic rings. The molecule has 12 rings (SSSR count). The van der Waals surface area contributed by atoms with Crippen LogP contribution in [0.4, 0.5) is 11.4 Å². The number of hydrogen-bond acceptors (Lipinski definition) is 2. The third-order valence-corrected chi connectivity index (χ3v) is 11.3. The largest absolute Gasteiger partial charge is 0.456 e. The van der Waals surface area contributed by atoms with E-state index in [0.717, 1.165) is 110 Å². The van der Waals surface area contributed by atoms with Gasteiger partial charge in [-0.25, -0.2) is 9.69 Å². The summed E-state index contributed by atoms with van der Waals surface area (Å²) in [5, 5.41) is 8.49. The molecule has 0 bridgehead atoms. The summed E-state index contributed by atoms with van der Waals surface area (Å²) in [7, 11) is 0. The second-order valence-electron chi connectivity index (χ2n) is 14.3. The Morgan fingerprint density at radius 2 is 1.09 bits per heavy atom. The number of para-hydroxylation sites is 3. The summed E-state index contributed by atoms with van der Waals surface area (Å²) in [5.41, 5.74) is 12.4. The minimum absolute atomic E-state index is 0.538. The zero-order valence-electron chi connectivity index (χ0n) is 29.6. The van der Waals surface area contributed by atoms with Gasteiger partial charge in [0.15, 0.2) is 11.4 Å². The Bertz CT molecular complexity index is 3730. The molecule has 8 aromatic carbocycles. The van der Waals surface area contributed by atoms with E-state index in [1.807, 2.05) is 66.7 Å². The SMILES string of the molecule is [C-]#[N+]c1cc(-c2ccc(-n3c4ccccc4c4c5oc6ccccc6c5ccc43)cc2)cc(-n2c3ccc([N+]#[C-])cc3c3ccc4oc5ccccc5c4c32)c1. The summed E-state index contributed by atoms with van der Waals surface area (Å²) >= 11 is 0. The van der Waals surface area contributed by atoms with Gasteiger partial charge in [-0.15, -0.1) is 0 Å². The lowest BCUT2D eigenvalue weighted by Gasteiger charge is -2.13. The van der Waals surface area contributed by atoms with Crippen molar-refractivity contribution in [3.8, 4) is 22.5 Å². The van der Waals surface area contributed by atoms with Gasteiger partial charge >= 0.3 is 0 Å². The minimum Gasteiger partial charge on any atom is -0.456 e. The molecule has 4 heterocycles. The number of benzene rings is 8. The van der Waals surface area contributed by atoms with Crippen LogP contribution >= 0.6 is 0 Å². The van der Waals surface area contributed by atoms with Crippen molar-refractivity contribution in [3.05, 3.63) is 181 Å². The number of hydrogen-bond donors (Lipinski definition) is 0.